The molecule has 1 fully saturated rings. The molecular weight excluding hydrogens is 536 g/mol. The second kappa shape index (κ2) is 12.0. The zero-order valence-electron chi connectivity index (χ0n) is 23.5. The van der Waals surface area contributed by atoms with Gasteiger partial charge in [0.25, 0.3) is 0 Å². The molecule has 0 radical (unpaired) electrons. The Morgan fingerprint density at radius 2 is 1.77 bits per heavy atom. The van der Waals surface area contributed by atoms with Crippen LogP contribution in [0.5, 0.6) is 0 Å². The van der Waals surface area contributed by atoms with E-state index in [2.05, 4.69) is 42.9 Å². The monoisotopic (exact) mass is 573 g/mol. The molecule has 1 aliphatic carbocycles. The lowest BCUT2D eigenvalue weighted by atomic mass is 9.64. The molecule has 0 aromatic heterocycles. The Morgan fingerprint density at radius 1 is 1.18 bits per heavy atom. The number of carbonyl (C=O) groups excluding carboxylic acids is 1. The van der Waals surface area contributed by atoms with E-state index in [-0.39, 0.29) is 35.2 Å². The molecule has 0 spiro atoms. The van der Waals surface area contributed by atoms with Crippen molar-refractivity contribution in [2.24, 2.45) is 32.7 Å². The molecule has 3 rings (SSSR count). The predicted octanol–water partition coefficient (Wildman–Crippen LogP) is 6.59. The van der Waals surface area contributed by atoms with Gasteiger partial charge >= 0.3 is 6.03 Å². The van der Waals surface area contributed by atoms with Gasteiger partial charge in [-0.25, -0.2) is 22.0 Å². The summed E-state index contributed by atoms with van der Waals surface area (Å²) in [6.45, 7) is 12.7. The maximum Gasteiger partial charge on any atom is 0.316 e. The third-order valence-corrected chi connectivity index (χ3v) is 10.2. The highest BCUT2D eigenvalue weighted by Crippen LogP contribution is 2.58. The van der Waals surface area contributed by atoms with Crippen molar-refractivity contribution in [2.45, 2.75) is 45.4 Å². The van der Waals surface area contributed by atoms with Crippen molar-refractivity contribution in [1.82, 2.24) is 4.31 Å². The molecule has 0 saturated heterocycles. The van der Waals surface area contributed by atoms with Crippen molar-refractivity contribution in [3.63, 3.8) is 0 Å². The lowest BCUT2D eigenvalue weighted by Crippen LogP contribution is -2.46. The van der Waals surface area contributed by atoms with Crippen LogP contribution >= 0.6 is 0 Å². The summed E-state index contributed by atoms with van der Waals surface area (Å²) in [5.74, 6) is -1.59. The lowest BCUT2D eigenvalue weighted by molar-refractivity contribution is 0.0803. The van der Waals surface area contributed by atoms with E-state index in [0.29, 0.717) is 24.1 Å². The lowest BCUT2D eigenvalue weighted by Gasteiger charge is -2.44. The van der Waals surface area contributed by atoms with Crippen LogP contribution in [0.4, 0.5) is 19.3 Å². The van der Waals surface area contributed by atoms with Crippen molar-refractivity contribution >= 4 is 27.4 Å². The number of azo groups is 1. The van der Waals surface area contributed by atoms with Gasteiger partial charge in [-0.2, -0.15) is 14.5 Å². The molecule has 216 valence electrons. The topological polar surface area (TPSA) is 117 Å². The number of halogens is 2. The number of nitrogens with one attached hydrogen (secondary N) is 1. The smallest absolute Gasteiger partial charge is 0.316 e. The summed E-state index contributed by atoms with van der Waals surface area (Å²) in [5.41, 5.74) is 5.07. The van der Waals surface area contributed by atoms with Crippen molar-refractivity contribution in [1.29, 1.82) is 0 Å². The number of rotatable bonds is 10. The number of nitrogens with zero attached hydrogens (tertiary/aromatic N) is 3. The standard InChI is InChI=1S/C29H37F2N5O3S/c1-7-36(40(38,39)21-13-11-20(12-14-21)34-27(32)37)18-29(5)16-15-22(28(29,3)4)19(2)17-25(35-33-6)26-23(30)9-8-10-24(26)31/h8-14,17,22H,2,7,15-16,18H2,1,3-6H3,(H3,32,34,37)/b25-17-,35-33?. The number of hydrogen-bond acceptors (Lipinski definition) is 5. The average Bonchev–Trinajstić information content (AvgIpc) is 3.10. The molecule has 8 nitrogen and oxygen atoms in total. The molecule has 2 atom stereocenters. The molecule has 1 aliphatic rings. The first kappa shape index (κ1) is 31.1. The van der Waals surface area contributed by atoms with Crippen LogP contribution < -0.4 is 11.1 Å². The molecule has 1 saturated carbocycles. The predicted molar refractivity (Wildman–Crippen MR) is 153 cm³/mol. The molecule has 11 heteroatoms. The molecule has 0 aliphatic heterocycles. The molecule has 2 unspecified atom stereocenters. The molecular formula is C29H37F2N5O3S. The summed E-state index contributed by atoms with van der Waals surface area (Å²) in [5, 5.41) is 10.2. The van der Waals surface area contributed by atoms with E-state index >= 15 is 0 Å². The Kier molecular flexibility index (Phi) is 9.31. The van der Waals surface area contributed by atoms with Gasteiger partial charge in [0.1, 0.15) is 11.6 Å². The molecule has 2 amide bonds. The molecule has 2 aromatic rings. The number of nitrogens with two attached hydrogens (primary N) is 1. The van der Waals surface area contributed by atoms with Gasteiger partial charge in [-0.1, -0.05) is 40.3 Å². The van der Waals surface area contributed by atoms with Crippen molar-refractivity contribution in [2.75, 3.05) is 25.5 Å². The average molecular weight is 574 g/mol. The van der Waals surface area contributed by atoms with E-state index in [1.54, 1.807) is 13.0 Å². The van der Waals surface area contributed by atoms with E-state index in [4.69, 9.17) is 5.73 Å². The van der Waals surface area contributed by atoms with Crippen LogP contribution in [0.3, 0.4) is 0 Å². The van der Waals surface area contributed by atoms with E-state index in [9.17, 15) is 22.0 Å². The van der Waals surface area contributed by atoms with Crippen molar-refractivity contribution in [3.8, 4) is 0 Å². The van der Waals surface area contributed by atoms with Crippen LogP contribution in [0.2, 0.25) is 0 Å². The van der Waals surface area contributed by atoms with Gasteiger partial charge in [0.05, 0.1) is 16.2 Å². The van der Waals surface area contributed by atoms with Gasteiger partial charge in [-0.3, -0.25) is 0 Å². The Labute approximate surface area is 235 Å². The molecule has 0 heterocycles. The summed E-state index contributed by atoms with van der Waals surface area (Å²) in [6.07, 6.45) is 2.99. The van der Waals surface area contributed by atoms with Gasteiger partial charge in [-0.15, -0.1) is 0 Å². The number of amides is 2. The van der Waals surface area contributed by atoms with E-state index in [0.717, 1.165) is 0 Å². The number of allylic oxidation sites excluding steroid dienone is 2. The Balaban J connectivity index is 1.89. The highest BCUT2D eigenvalue weighted by molar-refractivity contribution is 7.89. The number of anilines is 1. The molecule has 40 heavy (non-hydrogen) atoms. The minimum atomic E-state index is -3.84. The summed E-state index contributed by atoms with van der Waals surface area (Å²) >= 11 is 0. The van der Waals surface area contributed by atoms with Gasteiger partial charge in [0.15, 0.2) is 0 Å². The third-order valence-electron chi connectivity index (χ3n) is 8.25. The maximum atomic E-state index is 14.5. The summed E-state index contributed by atoms with van der Waals surface area (Å²) in [6, 6.07) is 8.73. The number of benzene rings is 2. The van der Waals surface area contributed by atoms with E-state index in [1.807, 2.05) is 0 Å². The zero-order chi connectivity index (χ0) is 29.9. The SMILES string of the molecule is C=C(/C=C(\N=NC)c1c(F)cccc1F)C1CCC(C)(CN(CC)S(=O)(=O)c2ccc(NC(N)=O)cc2)C1(C)C. The fourth-order valence-electron chi connectivity index (χ4n) is 5.53. The Hall–Kier alpha value is -3.44. The van der Waals surface area contributed by atoms with Gasteiger partial charge in [0.2, 0.25) is 10.0 Å². The molecule has 0 bridgehead atoms. The largest absolute Gasteiger partial charge is 0.351 e. The molecule has 3 N–H and O–H groups in total. The highest BCUT2D eigenvalue weighted by Gasteiger charge is 2.53. The summed E-state index contributed by atoms with van der Waals surface area (Å²) < 4.78 is 57.7. The molecule has 2 aromatic carbocycles. The third kappa shape index (κ3) is 6.15. The van der Waals surface area contributed by atoms with E-state index in [1.165, 1.54) is 53.8 Å². The van der Waals surface area contributed by atoms with Crippen LogP contribution in [-0.4, -0.2) is 38.9 Å². The van der Waals surface area contributed by atoms with Gasteiger partial charge < -0.3 is 11.1 Å². The number of primary amides is 1. The first-order chi connectivity index (χ1) is 18.7. The first-order valence-electron chi connectivity index (χ1n) is 13.0. The van der Waals surface area contributed by atoms with Crippen molar-refractivity contribution in [3.05, 3.63) is 77.9 Å². The zero-order valence-corrected chi connectivity index (χ0v) is 24.4. The van der Waals surface area contributed by atoms with Gasteiger partial charge in [-0.05, 0) is 77.6 Å². The second-order valence-corrected chi connectivity index (χ2v) is 12.8. The van der Waals surface area contributed by atoms with Crippen LogP contribution in [0, 0.1) is 28.4 Å². The normalized spacial score (nSPS) is 21.2. The maximum absolute atomic E-state index is 14.5. The van der Waals surface area contributed by atoms with Gasteiger partial charge in [0, 0.05) is 25.8 Å². The highest BCUT2D eigenvalue weighted by atomic mass is 32.2. The Bertz CT molecular complexity index is 1420. The number of sulfonamides is 1. The van der Waals surface area contributed by atoms with Crippen LogP contribution in [0.15, 0.2) is 75.8 Å². The number of carbonyl (C=O) groups is 1. The summed E-state index contributed by atoms with van der Waals surface area (Å²) in [7, 11) is -2.41. The number of hydrogen-bond donors (Lipinski definition) is 2. The van der Waals surface area contributed by atoms with E-state index < -0.39 is 38.5 Å². The fraction of sp³-hybridized carbons (Fsp3) is 0.414. The minimum Gasteiger partial charge on any atom is -0.351 e. The minimum absolute atomic E-state index is 0.0412. The quantitative estimate of drug-likeness (QED) is 0.247. The second-order valence-electron chi connectivity index (χ2n) is 10.8. The first-order valence-corrected chi connectivity index (χ1v) is 14.4. The Morgan fingerprint density at radius 3 is 2.30 bits per heavy atom. The fourth-order valence-corrected chi connectivity index (χ4v) is 7.11. The van der Waals surface area contributed by atoms with Crippen LogP contribution in [-0.2, 0) is 10.0 Å². The van der Waals surface area contributed by atoms with Crippen LogP contribution in [0.25, 0.3) is 5.70 Å². The summed E-state index contributed by atoms with van der Waals surface area (Å²) in [4.78, 5) is 11.2. The number of urea groups is 1. The van der Waals surface area contributed by atoms with Crippen LogP contribution in [0.1, 0.15) is 46.1 Å². The van der Waals surface area contributed by atoms with Crippen molar-refractivity contribution < 1.29 is 22.0 Å².